The number of imidazole rings is 1. The Morgan fingerprint density at radius 3 is 3.10 bits per heavy atom. The summed E-state index contributed by atoms with van der Waals surface area (Å²) in [7, 11) is 0. The van der Waals surface area contributed by atoms with Gasteiger partial charge in [-0.2, -0.15) is 0 Å². The van der Waals surface area contributed by atoms with Crippen molar-refractivity contribution in [3.63, 3.8) is 0 Å². The van der Waals surface area contributed by atoms with E-state index in [1.54, 1.807) is 24.5 Å². The van der Waals surface area contributed by atoms with Gasteiger partial charge >= 0.3 is 6.16 Å². The first kappa shape index (κ1) is 13.8. The summed E-state index contributed by atoms with van der Waals surface area (Å²) in [6.07, 6.45) is 0.896. The molecular formula is C14H17N3O4. The van der Waals surface area contributed by atoms with Gasteiger partial charge in [0.05, 0.1) is 30.6 Å². The Morgan fingerprint density at radius 2 is 2.24 bits per heavy atom. The number of carbonyl (C=O) groups excluding carboxylic acids is 1. The number of hydrogen-bond acceptors (Lipinski definition) is 6. The standard InChI is InChI=1S/C14H17N3O4/c18-14(20-8-5-17-3-6-19-7-4-17)21-11-1-2-12-13(9-11)16-10-15-12/h1-2,9-10H,3-8H2,(H,15,16). The molecule has 112 valence electrons. The van der Waals surface area contributed by atoms with E-state index in [0.717, 1.165) is 37.3 Å². The smallest absolute Gasteiger partial charge is 0.433 e. The van der Waals surface area contributed by atoms with Crippen LogP contribution in [-0.2, 0) is 9.47 Å². The van der Waals surface area contributed by atoms with Gasteiger partial charge in [-0.25, -0.2) is 9.78 Å². The van der Waals surface area contributed by atoms with Crippen LogP contribution in [0.4, 0.5) is 4.79 Å². The minimum absolute atomic E-state index is 0.309. The van der Waals surface area contributed by atoms with Gasteiger partial charge in [0, 0.05) is 25.7 Å². The molecule has 1 aromatic carbocycles. The molecule has 21 heavy (non-hydrogen) atoms. The highest BCUT2D eigenvalue weighted by molar-refractivity contribution is 5.77. The van der Waals surface area contributed by atoms with Crippen molar-refractivity contribution in [2.45, 2.75) is 0 Å². The highest BCUT2D eigenvalue weighted by Crippen LogP contribution is 2.18. The van der Waals surface area contributed by atoms with E-state index in [-0.39, 0.29) is 0 Å². The van der Waals surface area contributed by atoms with Gasteiger partial charge in [-0.15, -0.1) is 0 Å². The zero-order valence-electron chi connectivity index (χ0n) is 11.6. The lowest BCUT2D eigenvalue weighted by molar-refractivity contribution is 0.0240. The van der Waals surface area contributed by atoms with Gasteiger partial charge < -0.3 is 19.2 Å². The van der Waals surface area contributed by atoms with Crippen molar-refractivity contribution in [3.05, 3.63) is 24.5 Å². The predicted molar refractivity (Wildman–Crippen MR) is 75.3 cm³/mol. The van der Waals surface area contributed by atoms with Crippen molar-refractivity contribution in [2.75, 3.05) is 39.5 Å². The summed E-state index contributed by atoms with van der Waals surface area (Å²) in [5, 5.41) is 0. The Morgan fingerprint density at radius 1 is 1.38 bits per heavy atom. The fourth-order valence-corrected chi connectivity index (χ4v) is 2.18. The molecule has 1 aromatic heterocycles. The number of H-pyrrole nitrogens is 1. The number of ether oxygens (including phenoxy) is 3. The molecule has 1 N–H and O–H groups in total. The van der Waals surface area contributed by atoms with E-state index in [1.165, 1.54) is 0 Å². The largest absolute Gasteiger partial charge is 0.513 e. The summed E-state index contributed by atoms with van der Waals surface area (Å²) in [6, 6.07) is 5.19. The first-order valence-corrected chi connectivity index (χ1v) is 6.89. The molecule has 0 aliphatic carbocycles. The van der Waals surface area contributed by atoms with Crippen LogP contribution in [0.25, 0.3) is 11.0 Å². The SMILES string of the molecule is O=C(OCCN1CCOCC1)Oc1ccc2[nH]cnc2c1. The maximum absolute atomic E-state index is 11.6. The molecule has 0 spiro atoms. The average molecular weight is 291 g/mol. The Balaban J connectivity index is 1.44. The molecule has 2 aromatic rings. The minimum Gasteiger partial charge on any atom is -0.433 e. The van der Waals surface area contributed by atoms with Gasteiger partial charge in [-0.3, -0.25) is 4.90 Å². The number of nitrogens with zero attached hydrogens (tertiary/aromatic N) is 2. The van der Waals surface area contributed by atoms with Gasteiger partial charge in [0.1, 0.15) is 12.4 Å². The molecule has 7 heteroatoms. The summed E-state index contributed by atoms with van der Waals surface area (Å²) in [5.41, 5.74) is 1.64. The summed E-state index contributed by atoms with van der Waals surface area (Å²) in [6.45, 7) is 4.20. The molecule has 0 saturated carbocycles. The summed E-state index contributed by atoms with van der Waals surface area (Å²) < 4.78 is 15.4. The van der Waals surface area contributed by atoms with Gasteiger partial charge in [-0.1, -0.05) is 0 Å². The second-order valence-electron chi connectivity index (χ2n) is 4.74. The van der Waals surface area contributed by atoms with E-state index < -0.39 is 6.16 Å². The number of morpholine rings is 1. The van der Waals surface area contributed by atoms with Crippen molar-refractivity contribution in [2.24, 2.45) is 0 Å². The van der Waals surface area contributed by atoms with Crippen LogP contribution < -0.4 is 4.74 Å². The van der Waals surface area contributed by atoms with Crippen molar-refractivity contribution in [3.8, 4) is 5.75 Å². The number of hydrogen-bond donors (Lipinski definition) is 1. The molecule has 0 amide bonds. The Hall–Kier alpha value is -2.12. The van der Waals surface area contributed by atoms with E-state index in [1.807, 2.05) is 0 Å². The van der Waals surface area contributed by atoms with E-state index in [0.29, 0.717) is 18.9 Å². The lowest BCUT2D eigenvalue weighted by atomic mass is 10.3. The van der Waals surface area contributed by atoms with Crippen molar-refractivity contribution >= 4 is 17.2 Å². The lowest BCUT2D eigenvalue weighted by Gasteiger charge is -2.25. The Bertz CT molecular complexity index is 607. The highest BCUT2D eigenvalue weighted by Gasteiger charge is 2.12. The molecule has 1 saturated heterocycles. The summed E-state index contributed by atoms with van der Waals surface area (Å²) >= 11 is 0. The number of aromatic nitrogens is 2. The van der Waals surface area contributed by atoms with Crippen molar-refractivity contribution in [1.82, 2.24) is 14.9 Å². The number of benzene rings is 1. The molecule has 1 aliphatic rings. The van der Waals surface area contributed by atoms with Crippen LogP contribution in [-0.4, -0.2) is 60.5 Å². The monoisotopic (exact) mass is 291 g/mol. The van der Waals surface area contributed by atoms with Crippen LogP contribution in [0.5, 0.6) is 5.75 Å². The third kappa shape index (κ3) is 3.71. The van der Waals surface area contributed by atoms with E-state index in [2.05, 4.69) is 14.9 Å². The molecule has 0 atom stereocenters. The molecule has 1 fully saturated rings. The van der Waals surface area contributed by atoms with Gasteiger partial charge in [0.15, 0.2) is 0 Å². The van der Waals surface area contributed by atoms with Crippen molar-refractivity contribution in [1.29, 1.82) is 0 Å². The number of nitrogens with one attached hydrogen (secondary N) is 1. The normalized spacial score (nSPS) is 16.0. The number of carbonyl (C=O) groups is 1. The zero-order valence-corrected chi connectivity index (χ0v) is 11.6. The zero-order chi connectivity index (χ0) is 14.5. The van der Waals surface area contributed by atoms with Crippen molar-refractivity contribution < 1.29 is 19.0 Å². The van der Waals surface area contributed by atoms with Gasteiger partial charge in [-0.05, 0) is 12.1 Å². The van der Waals surface area contributed by atoms with Gasteiger partial charge in [0.2, 0.25) is 0 Å². The summed E-state index contributed by atoms with van der Waals surface area (Å²) in [4.78, 5) is 20.9. The maximum atomic E-state index is 11.6. The van der Waals surface area contributed by atoms with Gasteiger partial charge in [0.25, 0.3) is 0 Å². The molecule has 7 nitrogen and oxygen atoms in total. The molecular weight excluding hydrogens is 274 g/mol. The van der Waals surface area contributed by atoms with Crippen LogP contribution in [0.1, 0.15) is 0 Å². The number of aromatic amines is 1. The average Bonchev–Trinajstić information content (AvgIpc) is 2.96. The molecule has 0 radical (unpaired) electrons. The topological polar surface area (TPSA) is 76.7 Å². The second kappa shape index (κ2) is 6.55. The van der Waals surface area contributed by atoms with Crippen LogP contribution >= 0.6 is 0 Å². The van der Waals surface area contributed by atoms with Crippen LogP contribution in [0.3, 0.4) is 0 Å². The Kier molecular flexibility index (Phi) is 4.32. The minimum atomic E-state index is -0.696. The van der Waals surface area contributed by atoms with Crippen LogP contribution in [0.15, 0.2) is 24.5 Å². The maximum Gasteiger partial charge on any atom is 0.513 e. The van der Waals surface area contributed by atoms with Crippen LogP contribution in [0.2, 0.25) is 0 Å². The molecule has 3 rings (SSSR count). The number of rotatable bonds is 4. The summed E-state index contributed by atoms with van der Waals surface area (Å²) in [5.74, 6) is 0.422. The number of fused-ring (bicyclic) bond motifs is 1. The fraction of sp³-hybridized carbons (Fsp3) is 0.429. The van der Waals surface area contributed by atoms with E-state index in [9.17, 15) is 4.79 Å². The second-order valence-corrected chi connectivity index (χ2v) is 4.74. The highest BCUT2D eigenvalue weighted by atomic mass is 16.7. The Labute approximate surface area is 121 Å². The lowest BCUT2D eigenvalue weighted by Crippen LogP contribution is -2.38. The molecule has 2 heterocycles. The predicted octanol–water partition coefficient (Wildman–Crippen LogP) is 1.41. The van der Waals surface area contributed by atoms with Crippen LogP contribution in [0, 0.1) is 0 Å². The molecule has 0 bridgehead atoms. The first-order chi connectivity index (χ1) is 10.3. The third-order valence-corrected chi connectivity index (χ3v) is 3.33. The third-order valence-electron chi connectivity index (χ3n) is 3.33. The first-order valence-electron chi connectivity index (χ1n) is 6.89. The quantitative estimate of drug-likeness (QED) is 0.678. The van der Waals surface area contributed by atoms with E-state index >= 15 is 0 Å². The molecule has 0 unspecified atom stereocenters. The fourth-order valence-electron chi connectivity index (χ4n) is 2.18. The van der Waals surface area contributed by atoms with E-state index in [4.69, 9.17) is 14.2 Å². The molecule has 1 aliphatic heterocycles.